The number of rotatable bonds is 4. The minimum atomic E-state index is -3.73. The number of sulfonamides is 1. The summed E-state index contributed by atoms with van der Waals surface area (Å²) < 4.78 is 41.7. The summed E-state index contributed by atoms with van der Waals surface area (Å²) in [6, 6.07) is 11.8. The zero-order chi connectivity index (χ0) is 19.5. The van der Waals surface area contributed by atoms with Crippen molar-refractivity contribution in [2.45, 2.75) is 55.8 Å². The van der Waals surface area contributed by atoms with Crippen LogP contribution in [0.2, 0.25) is 0 Å². The van der Waals surface area contributed by atoms with Gasteiger partial charge in [-0.3, -0.25) is 4.72 Å². The van der Waals surface area contributed by atoms with E-state index in [1.165, 1.54) is 50.2 Å². The molecule has 2 aromatic carbocycles. The van der Waals surface area contributed by atoms with E-state index in [1.54, 1.807) is 31.2 Å². The van der Waals surface area contributed by atoms with Gasteiger partial charge in [0, 0.05) is 0 Å². The van der Waals surface area contributed by atoms with Gasteiger partial charge in [-0.1, -0.05) is 18.2 Å². The van der Waals surface area contributed by atoms with Crippen molar-refractivity contribution in [1.29, 1.82) is 0 Å². The van der Waals surface area contributed by atoms with Gasteiger partial charge in [-0.15, -0.1) is 0 Å². The molecule has 0 saturated heterocycles. The van der Waals surface area contributed by atoms with Gasteiger partial charge in [-0.25, -0.2) is 12.8 Å². The molecule has 0 spiro atoms. The quantitative estimate of drug-likeness (QED) is 0.748. The Morgan fingerprint density at radius 1 is 0.929 bits per heavy atom. The molecule has 1 N–H and O–H groups in total. The number of halogens is 1. The minimum Gasteiger partial charge on any atom is -0.280 e. The summed E-state index contributed by atoms with van der Waals surface area (Å²) in [5.41, 5.74) is 2.29. The summed E-state index contributed by atoms with van der Waals surface area (Å²) >= 11 is 0. The second-order valence-corrected chi connectivity index (χ2v) is 11.0. The molecular formula is C23H26FNO2S. The molecule has 4 aliphatic rings. The lowest BCUT2D eigenvalue weighted by Crippen LogP contribution is -2.48. The van der Waals surface area contributed by atoms with E-state index in [9.17, 15) is 12.8 Å². The lowest BCUT2D eigenvalue weighted by molar-refractivity contribution is -0.00521. The van der Waals surface area contributed by atoms with E-state index < -0.39 is 15.8 Å². The van der Waals surface area contributed by atoms with Gasteiger partial charge in [0.1, 0.15) is 5.82 Å². The molecule has 4 fully saturated rings. The highest BCUT2D eigenvalue weighted by Crippen LogP contribution is 2.60. The number of hydrogen-bond acceptors (Lipinski definition) is 2. The summed E-state index contributed by atoms with van der Waals surface area (Å²) in [6.07, 6.45) is 7.94. The molecule has 6 rings (SSSR count). The van der Waals surface area contributed by atoms with E-state index in [0.717, 1.165) is 17.8 Å². The van der Waals surface area contributed by atoms with Crippen molar-refractivity contribution < 1.29 is 12.8 Å². The molecular weight excluding hydrogens is 373 g/mol. The Labute approximate surface area is 166 Å². The van der Waals surface area contributed by atoms with Crippen LogP contribution in [-0.4, -0.2) is 8.42 Å². The number of hydrogen-bond donors (Lipinski definition) is 1. The lowest BCUT2D eigenvalue weighted by atomic mass is 9.48. The standard InChI is InChI=1S/C23H26FNO2S/c1-15-2-5-20(11-22(15)24)25-28(26,27)21-6-3-19(4-7-21)23-12-16-8-17(13-23)10-18(9-16)14-23/h2-7,11,16-18,25H,8-10,12-14H2,1H3. The molecule has 4 bridgehead atoms. The van der Waals surface area contributed by atoms with Gasteiger partial charge in [-0.2, -0.15) is 0 Å². The number of nitrogens with one attached hydrogen (secondary N) is 1. The maximum Gasteiger partial charge on any atom is 0.261 e. The predicted molar refractivity (Wildman–Crippen MR) is 108 cm³/mol. The second kappa shape index (κ2) is 6.31. The first-order valence-corrected chi connectivity index (χ1v) is 11.7. The fourth-order valence-electron chi connectivity index (χ4n) is 6.32. The average Bonchev–Trinajstić information content (AvgIpc) is 2.64. The summed E-state index contributed by atoms with van der Waals surface area (Å²) in [5.74, 6) is 2.14. The number of aryl methyl sites for hydroxylation is 1. The van der Waals surface area contributed by atoms with Crippen LogP contribution in [0.25, 0.3) is 0 Å². The molecule has 0 unspecified atom stereocenters. The Bertz CT molecular complexity index is 978. The molecule has 3 nitrogen and oxygen atoms in total. The highest BCUT2D eigenvalue weighted by molar-refractivity contribution is 7.92. The molecule has 148 valence electrons. The molecule has 0 heterocycles. The van der Waals surface area contributed by atoms with Crippen molar-refractivity contribution in [2.24, 2.45) is 17.8 Å². The minimum absolute atomic E-state index is 0.224. The molecule has 5 heteroatoms. The third-order valence-corrected chi connectivity index (χ3v) is 8.64. The first kappa shape index (κ1) is 18.2. The SMILES string of the molecule is Cc1ccc(NS(=O)(=O)c2ccc(C34CC5CC(CC(C5)C3)C4)cc2)cc1F. The van der Waals surface area contributed by atoms with Crippen molar-refractivity contribution in [2.75, 3.05) is 4.72 Å². The fraction of sp³-hybridized carbons (Fsp3) is 0.478. The van der Waals surface area contributed by atoms with E-state index in [1.807, 2.05) is 12.1 Å². The zero-order valence-corrected chi connectivity index (χ0v) is 16.9. The normalized spacial score (nSPS) is 31.1. The van der Waals surface area contributed by atoms with Crippen LogP contribution < -0.4 is 4.72 Å². The van der Waals surface area contributed by atoms with Crippen LogP contribution in [0.4, 0.5) is 10.1 Å². The van der Waals surface area contributed by atoms with Gasteiger partial charge >= 0.3 is 0 Å². The summed E-state index contributed by atoms with van der Waals surface area (Å²) in [6.45, 7) is 1.65. The van der Waals surface area contributed by atoms with Crippen LogP contribution in [0.5, 0.6) is 0 Å². The first-order chi connectivity index (χ1) is 13.3. The fourth-order valence-corrected chi connectivity index (χ4v) is 7.37. The maximum absolute atomic E-state index is 13.7. The Balaban J connectivity index is 1.39. The third kappa shape index (κ3) is 3.04. The van der Waals surface area contributed by atoms with E-state index in [0.29, 0.717) is 5.56 Å². The van der Waals surface area contributed by atoms with Gasteiger partial charge in [0.2, 0.25) is 0 Å². The predicted octanol–water partition coefficient (Wildman–Crippen LogP) is 5.40. The Kier molecular flexibility index (Phi) is 4.10. The molecule has 2 aromatic rings. The largest absolute Gasteiger partial charge is 0.280 e. The third-order valence-electron chi connectivity index (χ3n) is 7.24. The molecule has 4 saturated carbocycles. The summed E-state index contributed by atoms with van der Waals surface area (Å²) in [5, 5.41) is 0. The van der Waals surface area contributed by atoms with E-state index in [2.05, 4.69) is 4.72 Å². The lowest BCUT2D eigenvalue weighted by Gasteiger charge is -2.57. The smallest absolute Gasteiger partial charge is 0.261 e. The molecule has 0 atom stereocenters. The van der Waals surface area contributed by atoms with E-state index in [-0.39, 0.29) is 16.0 Å². The number of anilines is 1. The highest BCUT2D eigenvalue weighted by atomic mass is 32.2. The Morgan fingerprint density at radius 3 is 2.04 bits per heavy atom. The molecule has 28 heavy (non-hydrogen) atoms. The van der Waals surface area contributed by atoms with Crippen molar-refractivity contribution in [1.82, 2.24) is 0 Å². The molecule has 0 aromatic heterocycles. The topological polar surface area (TPSA) is 46.2 Å². The van der Waals surface area contributed by atoms with Gasteiger partial charge in [0.05, 0.1) is 10.6 Å². The second-order valence-electron chi connectivity index (χ2n) is 9.29. The van der Waals surface area contributed by atoms with Crippen molar-refractivity contribution in [3.63, 3.8) is 0 Å². The highest BCUT2D eigenvalue weighted by Gasteiger charge is 2.51. The summed E-state index contributed by atoms with van der Waals surface area (Å²) in [4.78, 5) is 0.224. The van der Waals surface area contributed by atoms with Gasteiger partial charge in [0.15, 0.2) is 0 Å². The molecule has 0 amide bonds. The Hall–Kier alpha value is -1.88. The first-order valence-electron chi connectivity index (χ1n) is 10.2. The van der Waals surface area contributed by atoms with Crippen molar-refractivity contribution in [3.8, 4) is 0 Å². The molecule has 4 aliphatic carbocycles. The van der Waals surface area contributed by atoms with Crippen LogP contribution in [0.1, 0.15) is 49.7 Å². The van der Waals surface area contributed by atoms with Crippen LogP contribution in [0.3, 0.4) is 0 Å². The van der Waals surface area contributed by atoms with Crippen LogP contribution in [0, 0.1) is 30.5 Å². The molecule has 0 radical (unpaired) electrons. The Morgan fingerprint density at radius 2 is 1.50 bits per heavy atom. The van der Waals surface area contributed by atoms with E-state index >= 15 is 0 Å². The van der Waals surface area contributed by atoms with Crippen LogP contribution >= 0.6 is 0 Å². The van der Waals surface area contributed by atoms with Gasteiger partial charge in [-0.05, 0) is 104 Å². The van der Waals surface area contributed by atoms with Crippen molar-refractivity contribution >= 4 is 15.7 Å². The zero-order valence-electron chi connectivity index (χ0n) is 16.1. The number of benzene rings is 2. The van der Waals surface area contributed by atoms with Crippen molar-refractivity contribution in [3.05, 3.63) is 59.4 Å². The monoisotopic (exact) mass is 399 g/mol. The summed E-state index contributed by atoms with van der Waals surface area (Å²) in [7, 11) is -3.73. The van der Waals surface area contributed by atoms with Crippen LogP contribution in [0.15, 0.2) is 47.4 Å². The maximum atomic E-state index is 13.7. The van der Waals surface area contributed by atoms with E-state index in [4.69, 9.17) is 0 Å². The van der Waals surface area contributed by atoms with Gasteiger partial charge < -0.3 is 0 Å². The van der Waals surface area contributed by atoms with Crippen LogP contribution in [-0.2, 0) is 15.4 Å². The van der Waals surface area contributed by atoms with Gasteiger partial charge in [0.25, 0.3) is 10.0 Å². The molecule has 0 aliphatic heterocycles. The average molecular weight is 400 g/mol.